The average molecular weight is 236 g/mol. The molecule has 4 nitrogen and oxygen atoms in total. The summed E-state index contributed by atoms with van der Waals surface area (Å²) in [4.78, 5) is 23.4. The summed E-state index contributed by atoms with van der Waals surface area (Å²) >= 11 is 0. The zero-order valence-electron chi connectivity index (χ0n) is 10.7. The molecule has 0 radical (unpaired) electrons. The summed E-state index contributed by atoms with van der Waals surface area (Å²) < 4.78 is 1.43. The highest BCUT2D eigenvalue weighted by Gasteiger charge is 2.08. The molecule has 1 amide bonds. The van der Waals surface area contributed by atoms with E-state index in [1.165, 1.54) is 4.57 Å². The number of hydrogen-bond donors (Lipinski definition) is 1. The van der Waals surface area contributed by atoms with Crippen molar-refractivity contribution in [2.24, 2.45) is 0 Å². The molecule has 1 N–H and O–H groups in total. The first-order chi connectivity index (χ1) is 8.04. The van der Waals surface area contributed by atoms with E-state index >= 15 is 0 Å². The van der Waals surface area contributed by atoms with E-state index in [9.17, 15) is 9.59 Å². The molecule has 0 saturated carbocycles. The van der Waals surface area contributed by atoms with E-state index < -0.39 is 0 Å². The van der Waals surface area contributed by atoms with Crippen molar-refractivity contribution in [3.8, 4) is 0 Å². The predicted octanol–water partition coefficient (Wildman–Crippen LogP) is 1.46. The molecule has 1 rings (SSSR count). The lowest BCUT2D eigenvalue weighted by atomic mass is 10.2. The van der Waals surface area contributed by atoms with Crippen molar-refractivity contribution < 1.29 is 4.79 Å². The summed E-state index contributed by atoms with van der Waals surface area (Å²) in [5.74, 6) is -0.112. The van der Waals surface area contributed by atoms with Crippen LogP contribution in [0, 0.1) is 6.92 Å². The zero-order chi connectivity index (χ0) is 12.8. The molecule has 0 saturated heterocycles. The maximum absolute atomic E-state index is 11.7. The minimum Gasteiger partial charge on any atom is -0.352 e. The fourth-order valence-corrected chi connectivity index (χ4v) is 1.76. The Balaban J connectivity index is 2.62. The molecule has 1 aromatic heterocycles. The van der Waals surface area contributed by atoms with Gasteiger partial charge in [0.2, 0.25) is 5.91 Å². The van der Waals surface area contributed by atoms with Crippen molar-refractivity contribution in [3.05, 3.63) is 34.2 Å². The minimum absolute atomic E-state index is 0.0918. The first-order valence-corrected chi connectivity index (χ1v) is 6.00. The third-order valence-electron chi connectivity index (χ3n) is 2.65. The van der Waals surface area contributed by atoms with Crippen LogP contribution in [-0.2, 0) is 11.3 Å². The van der Waals surface area contributed by atoms with Gasteiger partial charge in [-0.05, 0) is 26.3 Å². The molecule has 1 heterocycles. The predicted molar refractivity (Wildman–Crippen MR) is 68.0 cm³/mol. The van der Waals surface area contributed by atoms with Crippen LogP contribution in [0.4, 0.5) is 0 Å². The second kappa shape index (κ2) is 6.23. The van der Waals surface area contributed by atoms with E-state index in [1.54, 1.807) is 25.3 Å². The van der Waals surface area contributed by atoms with Gasteiger partial charge in [-0.2, -0.15) is 0 Å². The van der Waals surface area contributed by atoms with Crippen LogP contribution in [0.2, 0.25) is 0 Å². The summed E-state index contributed by atoms with van der Waals surface area (Å²) in [7, 11) is 0. The van der Waals surface area contributed by atoms with Gasteiger partial charge in [0, 0.05) is 17.8 Å². The molecule has 1 unspecified atom stereocenters. The van der Waals surface area contributed by atoms with Gasteiger partial charge < -0.3 is 9.88 Å². The number of pyridine rings is 1. The Bertz CT molecular complexity index is 437. The first kappa shape index (κ1) is 13.5. The fourth-order valence-electron chi connectivity index (χ4n) is 1.76. The molecule has 17 heavy (non-hydrogen) atoms. The quantitative estimate of drug-likeness (QED) is 0.841. The molecule has 0 spiro atoms. The Hall–Kier alpha value is -1.58. The van der Waals surface area contributed by atoms with Crippen molar-refractivity contribution >= 4 is 5.91 Å². The third-order valence-corrected chi connectivity index (χ3v) is 2.65. The van der Waals surface area contributed by atoms with Crippen LogP contribution in [-0.4, -0.2) is 16.5 Å². The van der Waals surface area contributed by atoms with Crippen LogP contribution in [0.5, 0.6) is 0 Å². The summed E-state index contributed by atoms with van der Waals surface area (Å²) in [6.07, 6.45) is 3.62. The molecular weight excluding hydrogens is 216 g/mol. The second-order valence-electron chi connectivity index (χ2n) is 4.38. The lowest BCUT2D eigenvalue weighted by molar-refractivity contribution is -0.122. The van der Waals surface area contributed by atoms with Crippen molar-refractivity contribution in [1.29, 1.82) is 0 Å². The van der Waals surface area contributed by atoms with Crippen molar-refractivity contribution in [2.45, 2.75) is 46.2 Å². The summed E-state index contributed by atoms with van der Waals surface area (Å²) in [5.41, 5.74) is 0.549. The smallest absolute Gasteiger partial charge is 0.253 e. The number of amides is 1. The van der Waals surface area contributed by atoms with E-state index in [1.807, 2.05) is 6.92 Å². The van der Waals surface area contributed by atoms with Gasteiger partial charge in [-0.3, -0.25) is 9.59 Å². The zero-order valence-corrected chi connectivity index (χ0v) is 10.7. The highest BCUT2D eigenvalue weighted by molar-refractivity contribution is 5.76. The van der Waals surface area contributed by atoms with E-state index in [0.717, 1.165) is 12.8 Å². The van der Waals surface area contributed by atoms with Gasteiger partial charge in [0.15, 0.2) is 0 Å². The maximum Gasteiger partial charge on any atom is 0.253 e. The van der Waals surface area contributed by atoms with Crippen LogP contribution in [0.3, 0.4) is 0 Å². The normalized spacial score (nSPS) is 12.2. The maximum atomic E-state index is 11.7. The highest BCUT2D eigenvalue weighted by Crippen LogP contribution is 1.95. The Morgan fingerprint density at radius 1 is 1.53 bits per heavy atom. The Labute approximate surface area is 102 Å². The van der Waals surface area contributed by atoms with Crippen LogP contribution in [0.15, 0.2) is 23.1 Å². The molecule has 0 bridgehead atoms. The van der Waals surface area contributed by atoms with E-state index in [4.69, 9.17) is 0 Å². The number of rotatable bonds is 5. The lowest BCUT2D eigenvalue weighted by Gasteiger charge is -2.13. The average Bonchev–Trinajstić information content (AvgIpc) is 2.25. The largest absolute Gasteiger partial charge is 0.352 e. The van der Waals surface area contributed by atoms with Crippen LogP contribution in [0.1, 0.15) is 32.3 Å². The van der Waals surface area contributed by atoms with Crippen molar-refractivity contribution in [1.82, 2.24) is 9.88 Å². The number of hydrogen-bond acceptors (Lipinski definition) is 2. The Kier molecular flexibility index (Phi) is 4.94. The van der Waals surface area contributed by atoms with Gasteiger partial charge in [-0.15, -0.1) is 0 Å². The number of carbonyl (C=O) groups excluding carboxylic acids is 1. The van der Waals surface area contributed by atoms with Gasteiger partial charge in [-0.25, -0.2) is 0 Å². The summed E-state index contributed by atoms with van der Waals surface area (Å²) in [6.45, 7) is 5.89. The van der Waals surface area contributed by atoms with Crippen molar-refractivity contribution in [2.75, 3.05) is 0 Å². The van der Waals surface area contributed by atoms with E-state index in [2.05, 4.69) is 12.2 Å². The molecule has 0 aromatic carbocycles. The molecule has 94 valence electrons. The first-order valence-electron chi connectivity index (χ1n) is 6.00. The topological polar surface area (TPSA) is 51.1 Å². The van der Waals surface area contributed by atoms with Gasteiger partial charge in [0.1, 0.15) is 6.54 Å². The van der Waals surface area contributed by atoms with Gasteiger partial charge in [0.05, 0.1) is 0 Å². The van der Waals surface area contributed by atoms with Gasteiger partial charge in [0.25, 0.3) is 5.56 Å². The van der Waals surface area contributed by atoms with Gasteiger partial charge in [-0.1, -0.05) is 19.4 Å². The van der Waals surface area contributed by atoms with Crippen LogP contribution >= 0.6 is 0 Å². The number of carbonyl (C=O) groups is 1. The highest BCUT2D eigenvalue weighted by atomic mass is 16.2. The third kappa shape index (κ3) is 4.06. The Morgan fingerprint density at radius 2 is 2.24 bits per heavy atom. The lowest BCUT2D eigenvalue weighted by Crippen LogP contribution is -2.37. The van der Waals surface area contributed by atoms with Crippen LogP contribution in [0.25, 0.3) is 0 Å². The number of nitrogens with zero attached hydrogens (tertiary/aromatic N) is 1. The van der Waals surface area contributed by atoms with Gasteiger partial charge >= 0.3 is 0 Å². The molecular formula is C13H20N2O2. The minimum atomic E-state index is -0.112. The summed E-state index contributed by atoms with van der Waals surface area (Å²) in [6, 6.07) is 3.68. The Morgan fingerprint density at radius 3 is 2.88 bits per heavy atom. The number of nitrogens with one attached hydrogen (secondary N) is 1. The SMILES string of the molecule is CCCC(C)NC(=O)Cn1cccc(C)c1=O. The van der Waals surface area contributed by atoms with Crippen molar-refractivity contribution in [3.63, 3.8) is 0 Å². The molecule has 1 atom stereocenters. The molecule has 0 aliphatic carbocycles. The molecule has 0 fully saturated rings. The molecule has 0 aliphatic rings. The molecule has 0 aliphatic heterocycles. The molecule has 1 aromatic rings. The summed E-state index contributed by atoms with van der Waals surface area (Å²) in [5, 5.41) is 2.88. The monoisotopic (exact) mass is 236 g/mol. The number of aryl methyl sites for hydroxylation is 1. The molecule has 4 heteroatoms. The second-order valence-corrected chi connectivity index (χ2v) is 4.38. The number of aromatic nitrogens is 1. The van der Waals surface area contributed by atoms with E-state index in [-0.39, 0.29) is 24.1 Å². The van der Waals surface area contributed by atoms with Crippen LogP contribution < -0.4 is 10.9 Å². The van der Waals surface area contributed by atoms with E-state index in [0.29, 0.717) is 5.56 Å². The standard InChI is InChI=1S/C13H20N2O2/c1-4-6-11(3)14-12(16)9-15-8-5-7-10(2)13(15)17/h5,7-8,11H,4,6,9H2,1-3H3,(H,14,16). The fraction of sp³-hybridized carbons (Fsp3) is 0.538.